The second kappa shape index (κ2) is 4.05. The zero-order valence-electron chi connectivity index (χ0n) is 10.6. The number of nitrogens with two attached hydrogens (primary N) is 1. The van der Waals surface area contributed by atoms with E-state index in [0.717, 1.165) is 45.8 Å². The van der Waals surface area contributed by atoms with Gasteiger partial charge >= 0.3 is 0 Å². The molecule has 3 rings (SSSR count). The Labute approximate surface area is 106 Å². The second-order valence-electron chi connectivity index (χ2n) is 4.60. The molecular weight excluding hydrogens is 228 g/mol. The van der Waals surface area contributed by atoms with Gasteiger partial charge in [-0.15, -0.1) is 0 Å². The molecule has 0 unspecified atom stereocenters. The van der Waals surface area contributed by atoms with E-state index in [2.05, 4.69) is 4.98 Å². The molecular formula is C14H16N2O2. The highest BCUT2D eigenvalue weighted by Gasteiger charge is 2.15. The van der Waals surface area contributed by atoms with Crippen molar-refractivity contribution in [3.05, 3.63) is 23.4 Å². The third kappa shape index (κ3) is 1.65. The van der Waals surface area contributed by atoms with Crippen LogP contribution in [-0.4, -0.2) is 18.2 Å². The van der Waals surface area contributed by atoms with Crippen LogP contribution in [-0.2, 0) is 0 Å². The fourth-order valence-corrected chi connectivity index (χ4v) is 2.17. The average Bonchev–Trinajstić information content (AvgIpc) is 2.59. The quantitative estimate of drug-likeness (QED) is 0.774. The van der Waals surface area contributed by atoms with Gasteiger partial charge in [-0.2, -0.15) is 0 Å². The smallest absolute Gasteiger partial charge is 0.163 e. The van der Waals surface area contributed by atoms with Crippen LogP contribution >= 0.6 is 0 Å². The number of hydrogen-bond acceptors (Lipinski definition) is 4. The summed E-state index contributed by atoms with van der Waals surface area (Å²) in [5.74, 6) is 1.52. The molecule has 4 heteroatoms. The summed E-state index contributed by atoms with van der Waals surface area (Å²) in [6, 6.07) is 3.85. The first-order valence-electron chi connectivity index (χ1n) is 6.13. The lowest BCUT2D eigenvalue weighted by Gasteiger charge is -2.12. The lowest BCUT2D eigenvalue weighted by molar-refractivity contribution is 0.297. The molecule has 0 amide bonds. The molecule has 2 heterocycles. The fraction of sp³-hybridized carbons (Fsp3) is 0.357. The number of anilines is 1. The molecule has 0 saturated heterocycles. The van der Waals surface area contributed by atoms with Crippen molar-refractivity contribution in [2.45, 2.75) is 20.3 Å². The summed E-state index contributed by atoms with van der Waals surface area (Å²) < 4.78 is 11.3. The normalized spacial score (nSPS) is 14.6. The summed E-state index contributed by atoms with van der Waals surface area (Å²) in [7, 11) is 0. The molecule has 1 aromatic carbocycles. The Morgan fingerprint density at radius 1 is 1.11 bits per heavy atom. The number of pyridine rings is 1. The predicted octanol–water partition coefficient (Wildman–Crippen LogP) is 2.60. The van der Waals surface area contributed by atoms with Gasteiger partial charge in [-0.05, 0) is 25.5 Å². The summed E-state index contributed by atoms with van der Waals surface area (Å²) in [5.41, 5.74) is 9.77. The van der Waals surface area contributed by atoms with Crippen molar-refractivity contribution in [2.24, 2.45) is 0 Å². The van der Waals surface area contributed by atoms with Crippen molar-refractivity contribution in [1.82, 2.24) is 4.98 Å². The van der Waals surface area contributed by atoms with Gasteiger partial charge in [-0.3, -0.25) is 4.98 Å². The predicted molar refractivity (Wildman–Crippen MR) is 71.2 cm³/mol. The van der Waals surface area contributed by atoms with Gasteiger partial charge in [-0.1, -0.05) is 0 Å². The van der Waals surface area contributed by atoms with E-state index in [1.54, 1.807) is 0 Å². The maximum atomic E-state index is 6.15. The number of ether oxygens (including phenoxy) is 2. The van der Waals surface area contributed by atoms with Gasteiger partial charge in [-0.25, -0.2) is 0 Å². The monoisotopic (exact) mass is 244 g/mol. The standard InChI is InChI=1S/C14H16N2O2/c1-8-9(2)16-11-7-13-12(6-10(11)14(8)15)17-4-3-5-18-13/h6-7H,3-5H2,1-2H3,(H2,15,16). The third-order valence-corrected chi connectivity index (χ3v) is 3.39. The van der Waals surface area contributed by atoms with Crippen LogP contribution in [0.2, 0.25) is 0 Å². The van der Waals surface area contributed by atoms with Gasteiger partial charge in [0.2, 0.25) is 0 Å². The molecule has 0 radical (unpaired) electrons. The SMILES string of the molecule is Cc1nc2cc3c(cc2c(N)c1C)OCCCO3. The van der Waals surface area contributed by atoms with Crippen LogP contribution in [0, 0.1) is 13.8 Å². The van der Waals surface area contributed by atoms with E-state index in [0.29, 0.717) is 13.2 Å². The first-order valence-corrected chi connectivity index (χ1v) is 6.13. The molecule has 0 aliphatic carbocycles. The first kappa shape index (κ1) is 11.1. The molecule has 0 saturated carbocycles. The zero-order chi connectivity index (χ0) is 12.7. The summed E-state index contributed by atoms with van der Waals surface area (Å²) >= 11 is 0. The molecule has 0 bridgehead atoms. The minimum atomic E-state index is 0.677. The minimum Gasteiger partial charge on any atom is -0.490 e. The number of rotatable bonds is 0. The molecule has 2 N–H and O–H groups in total. The van der Waals surface area contributed by atoms with E-state index in [9.17, 15) is 0 Å². The number of nitrogens with zero attached hydrogens (tertiary/aromatic N) is 1. The van der Waals surface area contributed by atoms with Gasteiger partial charge in [0, 0.05) is 29.3 Å². The second-order valence-corrected chi connectivity index (χ2v) is 4.60. The van der Waals surface area contributed by atoms with E-state index in [1.807, 2.05) is 26.0 Å². The van der Waals surface area contributed by atoms with Crippen molar-refractivity contribution < 1.29 is 9.47 Å². The number of aromatic nitrogens is 1. The zero-order valence-corrected chi connectivity index (χ0v) is 10.6. The summed E-state index contributed by atoms with van der Waals surface area (Å²) in [5, 5.41) is 0.933. The van der Waals surface area contributed by atoms with Crippen molar-refractivity contribution in [3.63, 3.8) is 0 Å². The average molecular weight is 244 g/mol. The first-order chi connectivity index (χ1) is 8.66. The van der Waals surface area contributed by atoms with Gasteiger partial charge in [0.05, 0.1) is 18.7 Å². The molecule has 2 aromatic rings. The Hall–Kier alpha value is -1.97. The van der Waals surface area contributed by atoms with Gasteiger partial charge in [0.1, 0.15) is 0 Å². The Kier molecular flexibility index (Phi) is 2.51. The molecule has 1 aliphatic rings. The van der Waals surface area contributed by atoms with Crippen molar-refractivity contribution in [2.75, 3.05) is 18.9 Å². The van der Waals surface area contributed by atoms with Crippen LogP contribution in [0.5, 0.6) is 11.5 Å². The Morgan fingerprint density at radius 2 is 1.78 bits per heavy atom. The summed E-state index contributed by atoms with van der Waals surface area (Å²) in [4.78, 5) is 4.56. The maximum absolute atomic E-state index is 6.15. The molecule has 1 aliphatic heterocycles. The number of aryl methyl sites for hydroxylation is 1. The lowest BCUT2D eigenvalue weighted by atomic mass is 10.1. The Morgan fingerprint density at radius 3 is 2.50 bits per heavy atom. The number of nitrogen functional groups attached to an aromatic ring is 1. The third-order valence-electron chi connectivity index (χ3n) is 3.39. The minimum absolute atomic E-state index is 0.677. The molecule has 0 atom stereocenters. The number of hydrogen-bond donors (Lipinski definition) is 1. The number of fused-ring (bicyclic) bond motifs is 2. The van der Waals surface area contributed by atoms with Crippen molar-refractivity contribution in [3.8, 4) is 11.5 Å². The van der Waals surface area contributed by atoms with Crippen LogP contribution in [0.15, 0.2) is 12.1 Å². The highest BCUT2D eigenvalue weighted by molar-refractivity contribution is 5.94. The maximum Gasteiger partial charge on any atom is 0.163 e. The largest absolute Gasteiger partial charge is 0.490 e. The Bertz CT molecular complexity index is 623. The highest BCUT2D eigenvalue weighted by Crippen LogP contribution is 2.36. The molecule has 4 nitrogen and oxygen atoms in total. The van der Waals surface area contributed by atoms with E-state index in [1.165, 1.54) is 0 Å². The van der Waals surface area contributed by atoms with Gasteiger partial charge in [0.25, 0.3) is 0 Å². The molecule has 0 spiro atoms. The molecule has 18 heavy (non-hydrogen) atoms. The lowest BCUT2D eigenvalue weighted by Crippen LogP contribution is -1.99. The van der Waals surface area contributed by atoms with E-state index in [4.69, 9.17) is 15.2 Å². The molecule has 1 aromatic heterocycles. The van der Waals surface area contributed by atoms with Crippen LogP contribution in [0.1, 0.15) is 17.7 Å². The van der Waals surface area contributed by atoms with E-state index < -0.39 is 0 Å². The molecule has 0 fully saturated rings. The number of benzene rings is 1. The summed E-state index contributed by atoms with van der Waals surface area (Å²) in [6.07, 6.45) is 0.895. The summed E-state index contributed by atoms with van der Waals surface area (Å²) in [6.45, 7) is 5.31. The fourth-order valence-electron chi connectivity index (χ4n) is 2.17. The van der Waals surface area contributed by atoms with Crippen molar-refractivity contribution >= 4 is 16.6 Å². The highest BCUT2D eigenvalue weighted by atomic mass is 16.5. The van der Waals surface area contributed by atoms with E-state index >= 15 is 0 Å². The van der Waals surface area contributed by atoms with Crippen LogP contribution < -0.4 is 15.2 Å². The topological polar surface area (TPSA) is 57.4 Å². The van der Waals surface area contributed by atoms with Crippen LogP contribution in [0.3, 0.4) is 0 Å². The van der Waals surface area contributed by atoms with Gasteiger partial charge < -0.3 is 15.2 Å². The van der Waals surface area contributed by atoms with Crippen LogP contribution in [0.25, 0.3) is 10.9 Å². The van der Waals surface area contributed by atoms with E-state index in [-0.39, 0.29) is 0 Å². The van der Waals surface area contributed by atoms with Gasteiger partial charge in [0.15, 0.2) is 11.5 Å². The van der Waals surface area contributed by atoms with Crippen molar-refractivity contribution in [1.29, 1.82) is 0 Å². The molecule has 94 valence electrons. The van der Waals surface area contributed by atoms with Crippen LogP contribution in [0.4, 0.5) is 5.69 Å². The Balaban J connectivity index is 2.28.